The highest BCUT2D eigenvalue weighted by Gasteiger charge is 2.37. The molecule has 6 aromatic rings. The first-order valence-electron chi connectivity index (χ1n) is 15.2. The van der Waals surface area contributed by atoms with Crippen LogP contribution in [0.25, 0.3) is 11.1 Å². The molecule has 0 aliphatic carbocycles. The molecule has 50 heavy (non-hydrogen) atoms. The summed E-state index contributed by atoms with van der Waals surface area (Å²) in [5, 5.41) is 8.55. The van der Waals surface area contributed by atoms with Gasteiger partial charge in [0.2, 0.25) is 0 Å². The summed E-state index contributed by atoms with van der Waals surface area (Å²) >= 11 is 6.28. The van der Waals surface area contributed by atoms with Crippen LogP contribution in [0.15, 0.2) is 120 Å². The van der Waals surface area contributed by atoms with Crippen LogP contribution in [0, 0.1) is 13.8 Å². The zero-order valence-electron chi connectivity index (χ0n) is 26.7. The lowest BCUT2D eigenvalue weighted by Crippen LogP contribution is -2.32. The topological polar surface area (TPSA) is 99.4 Å². The van der Waals surface area contributed by atoms with Gasteiger partial charge in [-0.2, -0.15) is 0 Å². The molecule has 0 spiro atoms. The summed E-state index contributed by atoms with van der Waals surface area (Å²) in [5.41, 5.74) is 3.09. The maximum atomic E-state index is 14.6. The Hall–Kier alpha value is -5.40. The molecule has 6 rings (SSSR count). The van der Waals surface area contributed by atoms with Crippen molar-refractivity contribution in [1.29, 1.82) is 0 Å². The summed E-state index contributed by atoms with van der Waals surface area (Å²) in [4.78, 5) is 3.79. The van der Waals surface area contributed by atoms with Crippen LogP contribution in [0.2, 0.25) is 5.02 Å². The summed E-state index contributed by atoms with van der Waals surface area (Å²) < 4.78 is 83.3. The standard InChI is InChI=1S/C36H29ClF3N5O4S/c1-24-11-12-26(19-32(24)37)27-13-18-34(33(20-27)49-36(38,39)40)50(46,47)45(29-14-16-31(17-15-29)48-30-9-4-3-5-10-30)22-35-43-41-23-44(35)21-28-8-6-7-25(2)42-28/h3-20,23H,21-22H2,1-2H3. The van der Waals surface area contributed by atoms with Crippen molar-refractivity contribution in [1.82, 2.24) is 19.7 Å². The predicted molar refractivity (Wildman–Crippen MR) is 183 cm³/mol. The Balaban J connectivity index is 1.43. The number of aromatic nitrogens is 4. The van der Waals surface area contributed by atoms with Gasteiger partial charge in [-0.15, -0.1) is 23.4 Å². The summed E-state index contributed by atoms with van der Waals surface area (Å²) in [6.07, 6.45) is -3.77. The first-order valence-corrected chi connectivity index (χ1v) is 17.0. The van der Waals surface area contributed by atoms with E-state index in [-0.39, 0.29) is 23.6 Å². The Kier molecular flexibility index (Phi) is 9.80. The number of pyridine rings is 1. The van der Waals surface area contributed by atoms with E-state index in [1.807, 2.05) is 25.1 Å². The summed E-state index contributed by atoms with van der Waals surface area (Å²) in [6, 6.07) is 29.0. The highest BCUT2D eigenvalue weighted by Crippen LogP contribution is 2.38. The second kappa shape index (κ2) is 14.2. The minimum Gasteiger partial charge on any atom is -0.457 e. The van der Waals surface area contributed by atoms with Crippen LogP contribution in [-0.4, -0.2) is 34.5 Å². The number of hydrogen-bond acceptors (Lipinski definition) is 7. The van der Waals surface area contributed by atoms with Crippen molar-refractivity contribution < 1.29 is 31.1 Å². The van der Waals surface area contributed by atoms with E-state index in [0.29, 0.717) is 27.8 Å². The molecule has 4 aromatic carbocycles. The van der Waals surface area contributed by atoms with Crippen molar-refractivity contribution in [2.75, 3.05) is 4.31 Å². The van der Waals surface area contributed by atoms with E-state index in [4.69, 9.17) is 16.3 Å². The van der Waals surface area contributed by atoms with E-state index < -0.39 is 33.6 Å². The number of para-hydroxylation sites is 1. The zero-order valence-corrected chi connectivity index (χ0v) is 28.2. The maximum Gasteiger partial charge on any atom is 0.573 e. The number of rotatable bonds is 11. The Morgan fingerprint density at radius 1 is 0.840 bits per heavy atom. The molecular weight excluding hydrogens is 691 g/mol. The molecular formula is C36H29ClF3N5O4S. The van der Waals surface area contributed by atoms with E-state index in [1.54, 1.807) is 72.2 Å². The van der Waals surface area contributed by atoms with E-state index in [2.05, 4.69) is 19.9 Å². The van der Waals surface area contributed by atoms with Gasteiger partial charge < -0.3 is 14.0 Å². The fourth-order valence-corrected chi connectivity index (χ4v) is 6.84. The molecule has 0 fully saturated rings. The second-order valence-corrected chi connectivity index (χ2v) is 13.5. The van der Waals surface area contributed by atoms with E-state index in [0.717, 1.165) is 27.7 Å². The van der Waals surface area contributed by atoms with Crippen LogP contribution in [-0.2, 0) is 23.1 Å². The monoisotopic (exact) mass is 719 g/mol. The number of nitrogens with zero attached hydrogens (tertiary/aromatic N) is 5. The number of hydrogen-bond donors (Lipinski definition) is 0. The van der Waals surface area contributed by atoms with Gasteiger partial charge in [0.1, 0.15) is 22.7 Å². The quantitative estimate of drug-likeness (QED) is 0.132. The highest BCUT2D eigenvalue weighted by molar-refractivity contribution is 7.93. The molecule has 0 saturated heterocycles. The Bertz CT molecular complexity index is 2230. The van der Waals surface area contributed by atoms with Gasteiger partial charge in [-0.05, 0) is 97.3 Å². The number of halogens is 4. The molecule has 0 bridgehead atoms. The van der Waals surface area contributed by atoms with Crippen molar-refractivity contribution in [2.45, 2.75) is 38.2 Å². The molecule has 0 aliphatic heterocycles. The van der Waals surface area contributed by atoms with E-state index >= 15 is 0 Å². The third-order valence-electron chi connectivity index (χ3n) is 7.61. The van der Waals surface area contributed by atoms with Crippen LogP contribution in [0.5, 0.6) is 17.2 Å². The summed E-state index contributed by atoms with van der Waals surface area (Å²) in [6.45, 7) is 3.45. The zero-order chi connectivity index (χ0) is 35.5. The lowest BCUT2D eigenvalue weighted by atomic mass is 10.0. The van der Waals surface area contributed by atoms with Gasteiger partial charge in [-0.25, -0.2) is 8.42 Å². The van der Waals surface area contributed by atoms with Gasteiger partial charge in [0.05, 0.1) is 24.5 Å². The molecule has 2 heterocycles. The van der Waals surface area contributed by atoms with Gasteiger partial charge >= 0.3 is 6.36 Å². The van der Waals surface area contributed by atoms with Gasteiger partial charge in [0.15, 0.2) is 11.6 Å². The molecule has 9 nitrogen and oxygen atoms in total. The van der Waals surface area contributed by atoms with Crippen molar-refractivity contribution >= 4 is 27.3 Å². The minimum absolute atomic E-state index is 0.126. The number of benzene rings is 4. The highest BCUT2D eigenvalue weighted by atomic mass is 35.5. The van der Waals surface area contributed by atoms with E-state index in [1.165, 1.54) is 24.5 Å². The smallest absolute Gasteiger partial charge is 0.457 e. The van der Waals surface area contributed by atoms with Gasteiger partial charge in [-0.3, -0.25) is 9.29 Å². The van der Waals surface area contributed by atoms with Crippen molar-refractivity contribution in [3.05, 3.63) is 143 Å². The number of aryl methyl sites for hydroxylation is 2. The SMILES string of the molecule is Cc1cccc(Cn2cnnc2CN(c2ccc(Oc3ccccc3)cc2)S(=O)(=O)c2ccc(-c3ccc(C)c(Cl)c3)cc2OC(F)(F)F)n1. The van der Waals surface area contributed by atoms with Gasteiger partial charge in [0.25, 0.3) is 10.0 Å². The Labute approximate surface area is 291 Å². The normalized spacial score (nSPS) is 11.7. The lowest BCUT2D eigenvalue weighted by Gasteiger charge is -2.26. The third kappa shape index (κ3) is 8.07. The van der Waals surface area contributed by atoms with Crippen LogP contribution in [0.4, 0.5) is 18.9 Å². The molecule has 0 amide bonds. The average molecular weight is 720 g/mol. The van der Waals surface area contributed by atoms with Crippen LogP contribution in [0.3, 0.4) is 0 Å². The molecule has 0 radical (unpaired) electrons. The number of alkyl halides is 3. The molecule has 0 unspecified atom stereocenters. The van der Waals surface area contributed by atoms with Gasteiger partial charge in [-0.1, -0.05) is 54.1 Å². The number of sulfonamides is 1. The lowest BCUT2D eigenvalue weighted by molar-refractivity contribution is -0.275. The van der Waals surface area contributed by atoms with Crippen molar-refractivity contribution in [2.24, 2.45) is 0 Å². The first-order chi connectivity index (χ1) is 23.9. The Morgan fingerprint density at radius 3 is 2.24 bits per heavy atom. The van der Waals surface area contributed by atoms with Crippen LogP contribution in [0.1, 0.15) is 22.8 Å². The van der Waals surface area contributed by atoms with Crippen molar-refractivity contribution in [3.63, 3.8) is 0 Å². The fourth-order valence-electron chi connectivity index (χ4n) is 5.14. The number of ether oxygens (including phenoxy) is 2. The first kappa shape index (κ1) is 34.5. The third-order valence-corrected chi connectivity index (χ3v) is 9.83. The largest absolute Gasteiger partial charge is 0.573 e. The Morgan fingerprint density at radius 2 is 1.54 bits per heavy atom. The second-order valence-electron chi connectivity index (χ2n) is 11.2. The molecule has 0 atom stereocenters. The number of anilines is 1. The summed E-state index contributed by atoms with van der Waals surface area (Å²) in [7, 11) is -4.77. The fraction of sp³-hybridized carbons (Fsp3) is 0.139. The molecule has 0 aliphatic rings. The van der Waals surface area contributed by atoms with Crippen molar-refractivity contribution in [3.8, 4) is 28.4 Å². The van der Waals surface area contributed by atoms with E-state index in [9.17, 15) is 21.6 Å². The predicted octanol–water partition coefficient (Wildman–Crippen LogP) is 8.75. The van der Waals surface area contributed by atoms with Crippen LogP contribution < -0.4 is 13.8 Å². The maximum absolute atomic E-state index is 14.6. The average Bonchev–Trinajstić information content (AvgIpc) is 3.51. The van der Waals surface area contributed by atoms with Gasteiger partial charge in [0, 0.05) is 10.7 Å². The molecule has 0 N–H and O–H groups in total. The summed E-state index contributed by atoms with van der Waals surface area (Å²) in [5.74, 6) is 0.275. The molecule has 14 heteroatoms. The molecule has 2 aromatic heterocycles. The molecule has 256 valence electrons. The minimum atomic E-state index is -5.20. The molecule has 0 saturated carbocycles. The van der Waals surface area contributed by atoms with Crippen LogP contribution >= 0.6 is 11.6 Å².